The number of carboxylic acid groups (broad SMARTS) is 1. The molecule has 1 N–H and O–H groups in total. The Morgan fingerprint density at radius 2 is 2.32 bits per heavy atom. The van der Waals surface area contributed by atoms with Gasteiger partial charge in [-0.2, -0.15) is 0 Å². The Balaban J connectivity index is 1.92. The Morgan fingerprint density at radius 1 is 1.58 bits per heavy atom. The summed E-state index contributed by atoms with van der Waals surface area (Å²) < 4.78 is 5.46. The van der Waals surface area contributed by atoms with Gasteiger partial charge in [0.1, 0.15) is 12.1 Å². The Morgan fingerprint density at radius 3 is 2.95 bits per heavy atom. The minimum absolute atomic E-state index is 0.187. The van der Waals surface area contributed by atoms with E-state index in [0.29, 0.717) is 12.5 Å². The summed E-state index contributed by atoms with van der Waals surface area (Å²) in [5.41, 5.74) is 0. The molecule has 0 aromatic carbocycles. The highest BCUT2D eigenvalue weighted by atomic mass is 16.5. The van der Waals surface area contributed by atoms with E-state index in [1.165, 1.54) is 6.33 Å². The maximum absolute atomic E-state index is 10.9. The maximum Gasteiger partial charge on any atom is 0.306 e. The summed E-state index contributed by atoms with van der Waals surface area (Å²) in [6.07, 6.45) is 2.41. The first-order valence-electron chi connectivity index (χ1n) is 6.54. The van der Waals surface area contributed by atoms with Gasteiger partial charge in [0.25, 0.3) is 0 Å². The van der Waals surface area contributed by atoms with Crippen LogP contribution in [0.15, 0.2) is 12.4 Å². The minimum atomic E-state index is -0.737. The van der Waals surface area contributed by atoms with E-state index in [1.807, 2.05) is 11.8 Å². The van der Waals surface area contributed by atoms with E-state index < -0.39 is 5.97 Å². The predicted octanol–water partition coefficient (Wildman–Crippen LogP) is 1.42. The van der Waals surface area contributed by atoms with Crippen LogP contribution in [0.5, 0.6) is 5.88 Å². The van der Waals surface area contributed by atoms with E-state index in [4.69, 9.17) is 9.84 Å². The van der Waals surface area contributed by atoms with Crippen LogP contribution in [0.25, 0.3) is 0 Å². The normalized spacial score (nSPS) is 16.8. The van der Waals surface area contributed by atoms with Gasteiger partial charge in [-0.25, -0.2) is 9.97 Å². The van der Waals surface area contributed by atoms with Crippen molar-refractivity contribution >= 4 is 11.8 Å². The molecule has 1 aromatic heterocycles. The largest absolute Gasteiger partial charge is 0.481 e. The lowest BCUT2D eigenvalue weighted by atomic mass is 9.87. The average molecular weight is 265 g/mol. The molecule has 1 aliphatic heterocycles. The van der Waals surface area contributed by atoms with E-state index in [1.54, 1.807) is 13.0 Å². The molecule has 1 saturated heterocycles. The first kappa shape index (κ1) is 13.6. The molecule has 0 bridgehead atoms. The number of rotatable bonds is 6. The topological polar surface area (TPSA) is 75.5 Å². The lowest BCUT2D eigenvalue weighted by Crippen LogP contribution is -2.51. The Labute approximate surface area is 112 Å². The van der Waals surface area contributed by atoms with Crippen LogP contribution in [-0.2, 0) is 4.79 Å². The SMILES string of the molecule is CCCOc1cc(N2CC(C(C)C(=O)O)C2)ncn1. The highest BCUT2D eigenvalue weighted by Crippen LogP contribution is 2.29. The molecule has 6 heteroatoms. The van der Waals surface area contributed by atoms with E-state index >= 15 is 0 Å². The smallest absolute Gasteiger partial charge is 0.306 e. The average Bonchev–Trinajstić information content (AvgIpc) is 2.35. The summed E-state index contributed by atoms with van der Waals surface area (Å²) in [5.74, 6) is 0.511. The van der Waals surface area contributed by atoms with Crippen LogP contribution in [0.1, 0.15) is 20.3 Å². The molecule has 104 valence electrons. The van der Waals surface area contributed by atoms with Gasteiger partial charge in [-0.3, -0.25) is 4.79 Å². The van der Waals surface area contributed by atoms with Crippen molar-refractivity contribution in [1.29, 1.82) is 0 Å². The molecule has 6 nitrogen and oxygen atoms in total. The summed E-state index contributed by atoms with van der Waals surface area (Å²) in [4.78, 5) is 21.2. The molecule has 1 aliphatic rings. The van der Waals surface area contributed by atoms with Crippen molar-refractivity contribution in [3.8, 4) is 5.88 Å². The molecular weight excluding hydrogens is 246 g/mol. The Bertz CT molecular complexity index is 447. The number of hydrogen-bond acceptors (Lipinski definition) is 5. The van der Waals surface area contributed by atoms with Gasteiger partial charge in [0.15, 0.2) is 0 Å². The van der Waals surface area contributed by atoms with Gasteiger partial charge in [-0.05, 0) is 6.42 Å². The van der Waals surface area contributed by atoms with E-state index in [-0.39, 0.29) is 11.8 Å². The highest BCUT2D eigenvalue weighted by Gasteiger charge is 2.35. The first-order chi connectivity index (χ1) is 9.11. The van der Waals surface area contributed by atoms with Crippen LogP contribution in [0.4, 0.5) is 5.82 Å². The number of ether oxygens (including phenoxy) is 1. The zero-order chi connectivity index (χ0) is 13.8. The van der Waals surface area contributed by atoms with Crippen LogP contribution in [-0.4, -0.2) is 40.7 Å². The number of carboxylic acids is 1. The van der Waals surface area contributed by atoms with E-state index in [2.05, 4.69) is 9.97 Å². The zero-order valence-electron chi connectivity index (χ0n) is 11.2. The molecule has 0 radical (unpaired) electrons. The Kier molecular flexibility index (Phi) is 4.19. The van der Waals surface area contributed by atoms with Crippen LogP contribution >= 0.6 is 0 Å². The van der Waals surface area contributed by atoms with Crippen molar-refractivity contribution in [3.05, 3.63) is 12.4 Å². The van der Waals surface area contributed by atoms with E-state index in [9.17, 15) is 4.79 Å². The molecule has 0 aliphatic carbocycles. The van der Waals surface area contributed by atoms with Gasteiger partial charge >= 0.3 is 5.97 Å². The molecule has 1 fully saturated rings. The molecular formula is C13H19N3O3. The number of carbonyl (C=O) groups is 1. The van der Waals surface area contributed by atoms with Gasteiger partial charge in [0, 0.05) is 25.1 Å². The fourth-order valence-corrected chi connectivity index (χ4v) is 2.01. The van der Waals surface area contributed by atoms with Crippen molar-refractivity contribution < 1.29 is 14.6 Å². The minimum Gasteiger partial charge on any atom is -0.481 e. The summed E-state index contributed by atoms with van der Waals surface area (Å²) in [6.45, 7) is 5.86. The van der Waals surface area contributed by atoms with Gasteiger partial charge in [0.2, 0.25) is 5.88 Å². The third-order valence-corrected chi connectivity index (χ3v) is 3.41. The Hall–Kier alpha value is -1.85. The second-order valence-corrected chi connectivity index (χ2v) is 4.85. The van der Waals surface area contributed by atoms with Crippen LogP contribution in [0.2, 0.25) is 0 Å². The van der Waals surface area contributed by atoms with Gasteiger partial charge in [-0.1, -0.05) is 13.8 Å². The zero-order valence-corrected chi connectivity index (χ0v) is 11.2. The molecule has 19 heavy (non-hydrogen) atoms. The monoisotopic (exact) mass is 265 g/mol. The molecule has 1 unspecified atom stereocenters. The van der Waals surface area contributed by atoms with Crippen LogP contribution in [0.3, 0.4) is 0 Å². The van der Waals surface area contributed by atoms with Gasteiger partial charge in [-0.15, -0.1) is 0 Å². The quantitative estimate of drug-likeness (QED) is 0.838. The number of aromatic nitrogens is 2. The van der Waals surface area contributed by atoms with Crippen molar-refractivity contribution in [2.24, 2.45) is 11.8 Å². The molecule has 0 amide bonds. The first-order valence-corrected chi connectivity index (χ1v) is 6.54. The standard InChI is InChI=1S/C13H19N3O3/c1-3-4-19-12-5-11(14-8-15-12)16-6-10(7-16)9(2)13(17)18/h5,8-10H,3-4,6-7H2,1-2H3,(H,17,18). The summed E-state index contributed by atoms with van der Waals surface area (Å²) in [6, 6.07) is 1.80. The number of hydrogen-bond donors (Lipinski definition) is 1. The van der Waals surface area contributed by atoms with Crippen LogP contribution in [0, 0.1) is 11.8 Å². The second kappa shape index (κ2) is 5.86. The second-order valence-electron chi connectivity index (χ2n) is 4.85. The molecule has 0 spiro atoms. The summed E-state index contributed by atoms with van der Waals surface area (Å²) >= 11 is 0. The molecule has 0 saturated carbocycles. The van der Waals surface area contributed by atoms with Crippen molar-refractivity contribution in [2.45, 2.75) is 20.3 Å². The van der Waals surface area contributed by atoms with Crippen molar-refractivity contribution in [3.63, 3.8) is 0 Å². The van der Waals surface area contributed by atoms with Gasteiger partial charge < -0.3 is 14.7 Å². The highest BCUT2D eigenvalue weighted by molar-refractivity contribution is 5.70. The summed E-state index contributed by atoms with van der Waals surface area (Å²) in [5, 5.41) is 8.95. The molecule has 2 heterocycles. The fourth-order valence-electron chi connectivity index (χ4n) is 2.01. The maximum atomic E-state index is 10.9. The molecule has 1 atom stereocenters. The third-order valence-electron chi connectivity index (χ3n) is 3.41. The molecule has 2 rings (SSSR count). The lowest BCUT2D eigenvalue weighted by Gasteiger charge is -2.41. The fraction of sp³-hybridized carbons (Fsp3) is 0.615. The van der Waals surface area contributed by atoms with E-state index in [0.717, 1.165) is 25.3 Å². The predicted molar refractivity (Wildman–Crippen MR) is 70.3 cm³/mol. The van der Waals surface area contributed by atoms with Crippen LogP contribution < -0.4 is 9.64 Å². The summed E-state index contributed by atoms with van der Waals surface area (Å²) in [7, 11) is 0. The van der Waals surface area contributed by atoms with Crippen molar-refractivity contribution in [1.82, 2.24) is 9.97 Å². The van der Waals surface area contributed by atoms with Gasteiger partial charge in [0.05, 0.1) is 12.5 Å². The molecule has 1 aromatic rings. The third kappa shape index (κ3) is 3.13. The lowest BCUT2D eigenvalue weighted by molar-refractivity contribution is -0.143. The number of nitrogens with zero attached hydrogens (tertiary/aromatic N) is 3. The van der Waals surface area contributed by atoms with Crippen molar-refractivity contribution in [2.75, 3.05) is 24.6 Å². The number of aliphatic carboxylic acids is 1. The number of anilines is 1.